The molecule has 1 aliphatic heterocycles. The number of nitrogens with one attached hydrogen (secondary N) is 1. The van der Waals surface area contributed by atoms with Crippen molar-refractivity contribution >= 4 is 0 Å². The molecular formula is C17H29N3. The molecule has 1 aromatic rings. The molecule has 0 amide bonds. The van der Waals surface area contributed by atoms with Crippen LogP contribution in [-0.4, -0.2) is 15.6 Å². The summed E-state index contributed by atoms with van der Waals surface area (Å²) in [4.78, 5) is 4.48. The van der Waals surface area contributed by atoms with Crippen LogP contribution in [0.5, 0.6) is 0 Å². The van der Waals surface area contributed by atoms with E-state index in [-0.39, 0.29) is 0 Å². The summed E-state index contributed by atoms with van der Waals surface area (Å²) in [7, 11) is 0. The van der Waals surface area contributed by atoms with Gasteiger partial charge in [-0.3, -0.25) is 0 Å². The maximum absolute atomic E-state index is 4.48. The Kier molecular flexibility index (Phi) is 4.16. The zero-order valence-electron chi connectivity index (χ0n) is 13.2. The standard InChI is InChI=1S/C17H29N3/c1-12-6-4-9-16(14(12)3)20-11-18-10-17(20)15-8-5-7-13(2)19-15/h10-16,19H,4-9H2,1-3H3. The third kappa shape index (κ3) is 2.65. The Morgan fingerprint density at radius 3 is 2.70 bits per heavy atom. The number of hydrogen-bond acceptors (Lipinski definition) is 2. The molecule has 0 radical (unpaired) electrons. The first-order valence-corrected chi connectivity index (χ1v) is 8.44. The molecular weight excluding hydrogens is 246 g/mol. The topological polar surface area (TPSA) is 29.9 Å². The van der Waals surface area contributed by atoms with E-state index in [9.17, 15) is 0 Å². The summed E-state index contributed by atoms with van der Waals surface area (Å²) in [5.41, 5.74) is 1.42. The van der Waals surface area contributed by atoms with Crippen molar-refractivity contribution in [2.24, 2.45) is 11.8 Å². The Morgan fingerprint density at radius 1 is 1.10 bits per heavy atom. The SMILES string of the molecule is CC1CCCC(c2cncn2C2CCCC(C)C2C)N1. The van der Waals surface area contributed by atoms with Crippen LogP contribution in [0, 0.1) is 11.8 Å². The van der Waals surface area contributed by atoms with Gasteiger partial charge in [0.1, 0.15) is 0 Å². The average Bonchev–Trinajstić information content (AvgIpc) is 2.91. The molecule has 2 heterocycles. The molecule has 3 nitrogen and oxygen atoms in total. The van der Waals surface area contributed by atoms with Gasteiger partial charge in [-0.25, -0.2) is 4.98 Å². The molecule has 0 spiro atoms. The molecule has 1 saturated carbocycles. The van der Waals surface area contributed by atoms with E-state index in [4.69, 9.17) is 0 Å². The van der Waals surface area contributed by atoms with Crippen LogP contribution in [0.3, 0.4) is 0 Å². The first-order valence-electron chi connectivity index (χ1n) is 8.44. The van der Waals surface area contributed by atoms with Gasteiger partial charge < -0.3 is 9.88 Å². The van der Waals surface area contributed by atoms with E-state index in [1.54, 1.807) is 0 Å². The van der Waals surface area contributed by atoms with E-state index >= 15 is 0 Å². The molecule has 1 saturated heterocycles. The lowest BCUT2D eigenvalue weighted by molar-refractivity contribution is 0.178. The van der Waals surface area contributed by atoms with Gasteiger partial charge in [0, 0.05) is 24.3 Å². The van der Waals surface area contributed by atoms with Gasteiger partial charge >= 0.3 is 0 Å². The molecule has 0 aromatic carbocycles. The van der Waals surface area contributed by atoms with Crippen LogP contribution in [0.2, 0.25) is 0 Å². The third-order valence-corrected chi connectivity index (χ3v) is 5.69. The first kappa shape index (κ1) is 14.1. The molecule has 1 aromatic heterocycles. The lowest BCUT2D eigenvalue weighted by atomic mass is 9.77. The van der Waals surface area contributed by atoms with Crippen LogP contribution in [0.15, 0.2) is 12.5 Å². The van der Waals surface area contributed by atoms with Crippen molar-refractivity contribution in [3.05, 3.63) is 18.2 Å². The predicted molar refractivity (Wildman–Crippen MR) is 82.6 cm³/mol. The second-order valence-electron chi connectivity index (χ2n) is 7.11. The third-order valence-electron chi connectivity index (χ3n) is 5.69. The molecule has 2 aliphatic rings. The zero-order valence-corrected chi connectivity index (χ0v) is 13.2. The van der Waals surface area contributed by atoms with Crippen LogP contribution in [0.4, 0.5) is 0 Å². The monoisotopic (exact) mass is 275 g/mol. The summed E-state index contributed by atoms with van der Waals surface area (Å²) in [6, 6.07) is 1.79. The molecule has 3 heteroatoms. The second kappa shape index (κ2) is 5.88. The minimum Gasteiger partial charge on any atom is -0.330 e. The Bertz CT molecular complexity index is 439. The lowest BCUT2D eigenvalue weighted by Gasteiger charge is -2.37. The van der Waals surface area contributed by atoms with Crippen molar-refractivity contribution < 1.29 is 0 Å². The second-order valence-corrected chi connectivity index (χ2v) is 7.11. The fraction of sp³-hybridized carbons (Fsp3) is 0.824. The van der Waals surface area contributed by atoms with E-state index in [1.165, 1.54) is 44.2 Å². The van der Waals surface area contributed by atoms with Gasteiger partial charge in [0.25, 0.3) is 0 Å². The molecule has 0 bridgehead atoms. The van der Waals surface area contributed by atoms with E-state index in [1.807, 2.05) is 0 Å². The van der Waals surface area contributed by atoms with E-state index < -0.39 is 0 Å². The highest BCUT2D eigenvalue weighted by molar-refractivity contribution is 5.09. The van der Waals surface area contributed by atoms with Crippen molar-refractivity contribution in [1.29, 1.82) is 0 Å². The molecule has 20 heavy (non-hydrogen) atoms. The van der Waals surface area contributed by atoms with E-state index in [0.29, 0.717) is 18.1 Å². The largest absolute Gasteiger partial charge is 0.330 e. The Labute approximate surface area is 123 Å². The number of rotatable bonds is 2. The average molecular weight is 275 g/mol. The van der Waals surface area contributed by atoms with Gasteiger partial charge in [0.15, 0.2) is 0 Å². The quantitative estimate of drug-likeness (QED) is 0.881. The van der Waals surface area contributed by atoms with Crippen molar-refractivity contribution in [3.63, 3.8) is 0 Å². The van der Waals surface area contributed by atoms with Crippen molar-refractivity contribution in [1.82, 2.24) is 14.9 Å². The van der Waals surface area contributed by atoms with E-state index in [0.717, 1.165) is 11.8 Å². The summed E-state index contributed by atoms with van der Waals surface area (Å²) in [5, 5.41) is 3.76. The lowest BCUT2D eigenvalue weighted by Crippen LogP contribution is -2.37. The highest BCUT2D eigenvalue weighted by Crippen LogP contribution is 2.39. The van der Waals surface area contributed by atoms with Gasteiger partial charge in [-0.15, -0.1) is 0 Å². The van der Waals surface area contributed by atoms with Gasteiger partial charge in [-0.1, -0.05) is 26.7 Å². The maximum atomic E-state index is 4.48. The van der Waals surface area contributed by atoms with E-state index in [2.05, 4.69) is 48.2 Å². The van der Waals surface area contributed by atoms with Crippen LogP contribution < -0.4 is 5.32 Å². The van der Waals surface area contributed by atoms with Crippen LogP contribution in [0.25, 0.3) is 0 Å². The van der Waals surface area contributed by atoms with Crippen molar-refractivity contribution in [2.45, 2.75) is 77.4 Å². The van der Waals surface area contributed by atoms with Gasteiger partial charge in [0.2, 0.25) is 0 Å². The summed E-state index contributed by atoms with van der Waals surface area (Å²) >= 11 is 0. The molecule has 1 aliphatic carbocycles. The normalized spacial score (nSPS) is 38.9. The summed E-state index contributed by atoms with van der Waals surface area (Å²) in [5.74, 6) is 1.60. The maximum Gasteiger partial charge on any atom is 0.0951 e. The fourth-order valence-corrected chi connectivity index (χ4v) is 4.18. The Hall–Kier alpha value is -0.830. The van der Waals surface area contributed by atoms with Crippen LogP contribution >= 0.6 is 0 Å². The highest BCUT2D eigenvalue weighted by atomic mass is 15.1. The van der Waals surface area contributed by atoms with Crippen LogP contribution in [-0.2, 0) is 0 Å². The molecule has 3 rings (SSSR count). The Morgan fingerprint density at radius 2 is 1.90 bits per heavy atom. The highest BCUT2D eigenvalue weighted by Gasteiger charge is 2.31. The summed E-state index contributed by atoms with van der Waals surface area (Å²) < 4.78 is 2.50. The minimum absolute atomic E-state index is 0.505. The summed E-state index contributed by atoms with van der Waals surface area (Å²) in [6.45, 7) is 7.14. The van der Waals surface area contributed by atoms with Gasteiger partial charge in [0.05, 0.1) is 12.0 Å². The summed E-state index contributed by atoms with van der Waals surface area (Å²) in [6.07, 6.45) is 12.1. The zero-order chi connectivity index (χ0) is 14.1. The molecule has 5 unspecified atom stereocenters. The number of aromatic nitrogens is 2. The molecule has 112 valence electrons. The Balaban J connectivity index is 1.82. The molecule has 5 atom stereocenters. The number of piperidine rings is 1. The fourth-order valence-electron chi connectivity index (χ4n) is 4.18. The predicted octanol–water partition coefficient (Wildman–Crippen LogP) is 4.08. The number of imidazole rings is 1. The van der Waals surface area contributed by atoms with Crippen molar-refractivity contribution in [2.75, 3.05) is 0 Å². The molecule has 2 fully saturated rings. The smallest absolute Gasteiger partial charge is 0.0951 e. The number of nitrogens with zero attached hydrogens (tertiary/aromatic N) is 2. The number of hydrogen-bond donors (Lipinski definition) is 1. The van der Waals surface area contributed by atoms with Gasteiger partial charge in [-0.2, -0.15) is 0 Å². The van der Waals surface area contributed by atoms with Crippen molar-refractivity contribution in [3.8, 4) is 0 Å². The minimum atomic E-state index is 0.505. The first-order chi connectivity index (χ1) is 9.66. The molecule has 1 N–H and O–H groups in total. The van der Waals surface area contributed by atoms with Crippen LogP contribution in [0.1, 0.15) is 77.1 Å². The van der Waals surface area contributed by atoms with Gasteiger partial charge in [-0.05, 0) is 44.4 Å².